The molecule has 0 unspecified atom stereocenters. The molecule has 6 heteroatoms. The minimum atomic E-state index is -0.883. The van der Waals surface area contributed by atoms with Gasteiger partial charge >= 0.3 is 5.97 Å². The van der Waals surface area contributed by atoms with E-state index in [2.05, 4.69) is 0 Å². The van der Waals surface area contributed by atoms with E-state index >= 15 is 0 Å². The monoisotopic (exact) mass is 371 g/mol. The fourth-order valence-electron chi connectivity index (χ4n) is 3.95. The van der Waals surface area contributed by atoms with Crippen LogP contribution in [0.25, 0.3) is 0 Å². The Morgan fingerprint density at radius 1 is 1.23 bits per heavy atom. The predicted molar refractivity (Wildman–Crippen MR) is 98.9 cm³/mol. The van der Waals surface area contributed by atoms with Crippen molar-refractivity contribution in [1.29, 1.82) is 0 Å². The number of carboxylic acids is 1. The second-order valence-electron chi connectivity index (χ2n) is 6.97. The number of benzene rings is 1. The van der Waals surface area contributed by atoms with Crippen LogP contribution in [0, 0.1) is 6.92 Å². The van der Waals surface area contributed by atoms with Crippen molar-refractivity contribution >= 4 is 23.2 Å². The normalized spacial score (nSPS) is 18.6. The van der Waals surface area contributed by atoms with E-state index in [4.69, 9.17) is 4.74 Å². The number of carbonyl (C=O) groups excluding carboxylic acids is 1. The van der Waals surface area contributed by atoms with E-state index in [0.717, 1.165) is 28.0 Å². The van der Waals surface area contributed by atoms with Crippen LogP contribution in [0.4, 0.5) is 0 Å². The highest BCUT2D eigenvalue weighted by Crippen LogP contribution is 2.45. The van der Waals surface area contributed by atoms with Crippen LogP contribution in [0.2, 0.25) is 0 Å². The van der Waals surface area contributed by atoms with E-state index in [9.17, 15) is 14.7 Å². The molecule has 1 fully saturated rings. The first-order valence-electron chi connectivity index (χ1n) is 8.85. The number of ether oxygens (including phenoxy) is 1. The fourth-order valence-corrected chi connectivity index (χ4v) is 5.20. The van der Waals surface area contributed by atoms with Crippen LogP contribution >= 0.6 is 11.3 Å². The van der Waals surface area contributed by atoms with Gasteiger partial charge < -0.3 is 14.7 Å². The quantitative estimate of drug-likeness (QED) is 0.878. The Kier molecular flexibility index (Phi) is 4.32. The van der Waals surface area contributed by atoms with Crippen molar-refractivity contribution in [3.63, 3.8) is 0 Å². The number of rotatable bonds is 2. The fraction of sp³-hybridized carbons (Fsp3) is 0.400. The highest BCUT2D eigenvalue weighted by atomic mass is 32.1. The number of carboxylic acid groups (broad SMARTS) is 1. The van der Waals surface area contributed by atoms with E-state index in [0.29, 0.717) is 37.4 Å². The Morgan fingerprint density at radius 3 is 2.65 bits per heavy atom. The molecule has 0 atom stereocenters. The van der Waals surface area contributed by atoms with Gasteiger partial charge in [0.05, 0.1) is 6.61 Å². The number of aryl methyl sites for hydroxylation is 1. The zero-order chi connectivity index (χ0) is 18.3. The number of hydrogen-bond acceptors (Lipinski definition) is 4. The first-order chi connectivity index (χ1) is 12.5. The third-order valence-electron chi connectivity index (χ3n) is 5.42. The highest BCUT2D eigenvalue weighted by molar-refractivity contribution is 7.14. The average molecular weight is 371 g/mol. The second-order valence-corrected chi connectivity index (χ2v) is 8.02. The summed E-state index contributed by atoms with van der Waals surface area (Å²) in [6.07, 6.45) is 2.17. The summed E-state index contributed by atoms with van der Waals surface area (Å²) < 4.78 is 6.16. The lowest BCUT2D eigenvalue weighted by atomic mass is 9.85. The van der Waals surface area contributed by atoms with Crippen LogP contribution in [-0.2, 0) is 16.8 Å². The number of nitrogens with zero attached hydrogens (tertiary/aromatic N) is 1. The molecule has 2 aliphatic heterocycles. The zero-order valence-corrected chi connectivity index (χ0v) is 15.5. The standard InChI is InChI=1S/C20H21NO4S/c1-13-4-2-3-5-15(13)18(22)21-9-7-20(8-10-21)17-14(6-11-25-20)12-16(26-17)19(23)24/h2-5,12H,6-11H2,1H3,(H,23,24). The van der Waals surface area contributed by atoms with E-state index in [1.807, 2.05) is 36.1 Å². The summed E-state index contributed by atoms with van der Waals surface area (Å²) in [7, 11) is 0. The van der Waals surface area contributed by atoms with Gasteiger partial charge in [0.2, 0.25) is 0 Å². The number of aromatic carboxylic acids is 1. The maximum Gasteiger partial charge on any atom is 0.345 e. The average Bonchev–Trinajstić information content (AvgIpc) is 3.09. The van der Waals surface area contributed by atoms with Crippen molar-refractivity contribution < 1.29 is 19.4 Å². The Balaban J connectivity index is 1.55. The molecule has 2 aromatic rings. The van der Waals surface area contributed by atoms with Crippen molar-refractivity contribution in [3.05, 3.63) is 56.8 Å². The van der Waals surface area contributed by atoms with Crippen LogP contribution in [0.1, 0.15) is 48.9 Å². The molecule has 136 valence electrons. The molecule has 0 saturated carbocycles. The van der Waals surface area contributed by atoms with Crippen LogP contribution in [0.3, 0.4) is 0 Å². The SMILES string of the molecule is Cc1ccccc1C(=O)N1CCC2(CC1)OCCc1cc(C(=O)O)sc12. The number of piperidine rings is 1. The van der Waals surface area contributed by atoms with Gasteiger partial charge in [-0.25, -0.2) is 4.79 Å². The third kappa shape index (κ3) is 2.83. The molecule has 0 radical (unpaired) electrons. The van der Waals surface area contributed by atoms with Crippen LogP contribution in [-0.4, -0.2) is 41.6 Å². The number of carbonyl (C=O) groups is 2. The molecule has 2 aliphatic rings. The molecular weight excluding hydrogens is 350 g/mol. The Hall–Kier alpha value is -2.18. The van der Waals surface area contributed by atoms with Gasteiger partial charge in [0.1, 0.15) is 10.5 Å². The van der Waals surface area contributed by atoms with Gasteiger partial charge in [-0.15, -0.1) is 11.3 Å². The van der Waals surface area contributed by atoms with Gasteiger partial charge in [-0.1, -0.05) is 18.2 Å². The number of thiophene rings is 1. The molecule has 26 heavy (non-hydrogen) atoms. The van der Waals surface area contributed by atoms with E-state index < -0.39 is 11.6 Å². The number of fused-ring (bicyclic) bond motifs is 2. The van der Waals surface area contributed by atoms with Crippen LogP contribution in [0.15, 0.2) is 30.3 Å². The Morgan fingerprint density at radius 2 is 1.96 bits per heavy atom. The molecule has 5 nitrogen and oxygen atoms in total. The summed E-state index contributed by atoms with van der Waals surface area (Å²) in [6, 6.07) is 9.44. The van der Waals surface area contributed by atoms with Gasteiger partial charge in [0, 0.05) is 23.5 Å². The Labute approximate surface area is 156 Å². The highest BCUT2D eigenvalue weighted by Gasteiger charge is 2.43. The second kappa shape index (κ2) is 6.52. The lowest BCUT2D eigenvalue weighted by molar-refractivity contribution is -0.0906. The summed E-state index contributed by atoms with van der Waals surface area (Å²) >= 11 is 1.33. The topological polar surface area (TPSA) is 66.8 Å². The summed E-state index contributed by atoms with van der Waals surface area (Å²) in [5.74, 6) is -0.821. The Bertz CT molecular complexity index is 864. The first-order valence-corrected chi connectivity index (χ1v) is 9.67. The summed E-state index contributed by atoms with van der Waals surface area (Å²) in [4.78, 5) is 27.5. The summed E-state index contributed by atoms with van der Waals surface area (Å²) in [6.45, 7) is 3.79. The first kappa shape index (κ1) is 17.2. The predicted octanol–water partition coefficient (Wildman–Crippen LogP) is 3.46. The minimum Gasteiger partial charge on any atom is -0.477 e. The van der Waals surface area contributed by atoms with Crippen molar-refractivity contribution in [2.24, 2.45) is 0 Å². The van der Waals surface area contributed by atoms with Gasteiger partial charge in [-0.05, 0) is 49.4 Å². The molecular formula is C20H21NO4S. The van der Waals surface area contributed by atoms with Crippen molar-refractivity contribution in [1.82, 2.24) is 4.90 Å². The molecule has 1 saturated heterocycles. The van der Waals surface area contributed by atoms with Crippen LogP contribution < -0.4 is 0 Å². The van der Waals surface area contributed by atoms with Crippen molar-refractivity contribution in [3.8, 4) is 0 Å². The van der Waals surface area contributed by atoms with Crippen molar-refractivity contribution in [2.75, 3.05) is 19.7 Å². The van der Waals surface area contributed by atoms with Gasteiger partial charge in [0.15, 0.2) is 0 Å². The number of likely N-dealkylation sites (tertiary alicyclic amines) is 1. The molecule has 3 heterocycles. The molecule has 0 aliphatic carbocycles. The maximum absolute atomic E-state index is 12.8. The van der Waals surface area contributed by atoms with Crippen molar-refractivity contribution in [2.45, 2.75) is 31.8 Å². The van der Waals surface area contributed by atoms with Gasteiger partial charge in [-0.3, -0.25) is 4.79 Å². The molecule has 4 rings (SSSR count). The maximum atomic E-state index is 12.8. The molecule has 1 amide bonds. The molecule has 1 aromatic heterocycles. The zero-order valence-electron chi connectivity index (χ0n) is 14.7. The minimum absolute atomic E-state index is 0.0615. The largest absolute Gasteiger partial charge is 0.477 e. The summed E-state index contributed by atoms with van der Waals surface area (Å²) in [5.41, 5.74) is 2.39. The third-order valence-corrected chi connectivity index (χ3v) is 6.77. The summed E-state index contributed by atoms with van der Waals surface area (Å²) in [5, 5.41) is 9.30. The molecule has 0 bridgehead atoms. The van der Waals surface area contributed by atoms with Crippen LogP contribution in [0.5, 0.6) is 0 Å². The number of hydrogen-bond donors (Lipinski definition) is 1. The molecule has 1 aromatic carbocycles. The van der Waals surface area contributed by atoms with E-state index in [1.54, 1.807) is 6.07 Å². The lowest BCUT2D eigenvalue weighted by Crippen LogP contribution is -2.48. The smallest absolute Gasteiger partial charge is 0.345 e. The molecule has 1 spiro atoms. The number of amides is 1. The lowest BCUT2D eigenvalue weighted by Gasteiger charge is -2.43. The van der Waals surface area contributed by atoms with Gasteiger partial charge in [0.25, 0.3) is 5.91 Å². The van der Waals surface area contributed by atoms with E-state index in [1.165, 1.54) is 11.3 Å². The van der Waals surface area contributed by atoms with E-state index in [-0.39, 0.29) is 5.91 Å². The molecule has 1 N–H and O–H groups in total. The van der Waals surface area contributed by atoms with Gasteiger partial charge in [-0.2, -0.15) is 0 Å².